The van der Waals surface area contributed by atoms with Crippen LogP contribution in [-0.4, -0.2) is 29.4 Å². The minimum atomic E-state index is 0.171. The molecule has 4 bridgehead atoms. The van der Waals surface area contributed by atoms with E-state index in [-0.39, 0.29) is 11.5 Å². The number of aryl methyl sites for hydroxylation is 1. The van der Waals surface area contributed by atoms with Crippen LogP contribution < -0.4 is 5.32 Å². The fraction of sp³-hybridized carbons (Fsp3) is 0.708. The molecule has 1 heterocycles. The van der Waals surface area contributed by atoms with Crippen LogP contribution in [0.5, 0.6) is 0 Å². The monoisotopic (exact) mass is 366 g/mol. The third-order valence-corrected chi connectivity index (χ3v) is 7.87. The molecule has 6 rings (SSSR count). The van der Waals surface area contributed by atoms with Gasteiger partial charge in [-0.15, -0.1) is 0 Å². The molecular weight excluding hydrogens is 332 g/mol. The van der Waals surface area contributed by atoms with Crippen molar-refractivity contribution in [1.82, 2.24) is 10.2 Å². The van der Waals surface area contributed by atoms with E-state index in [1.54, 1.807) is 0 Å². The predicted octanol–water partition coefficient (Wildman–Crippen LogP) is 4.29. The van der Waals surface area contributed by atoms with Crippen LogP contribution in [0.25, 0.3) is 0 Å². The second kappa shape index (κ2) is 6.92. The van der Waals surface area contributed by atoms with Gasteiger partial charge in [0.1, 0.15) is 0 Å². The highest BCUT2D eigenvalue weighted by Crippen LogP contribution is 2.55. The lowest BCUT2D eigenvalue weighted by Gasteiger charge is -2.57. The van der Waals surface area contributed by atoms with Crippen molar-refractivity contribution in [3.05, 3.63) is 35.4 Å². The standard InChI is InChI=1S/C24H34N2O/c1-17-3-2-4-18(9-17)16-26-7-5-22(6-8-26)23(27)25-24-13-19-10-20(14-24)12-21(11-19)15-24/h2-4,9,19-22H,5-8,10-16H2,1H3,(H,25,27). The molecule has 0 radical (unpaired) electrons. The number of piperidine rings is 1. The van der Waals surface area contributed by atoms with Crippen molar-refractivity contribution < 1.29 is 4.79 Å². The molecule has 146 valence electrons. The summed E-state index contributed by atoms with van der Waals surface area (Å²) >= 11 is 0. The van der Waals surface area contributed by atoms with Crippen molar-refractivity contribution in [1.29, 1.82) is 0 Å². The number of carbonyl (C=O) groups is 1. The molecular formula is C24H34N2O. The summed E-state index contributed by atoms with van der Waals surface area (Å²) in [6, 6.07) is 8.81. The highest BCUT2D eigenvalue weighted by atomic mass is 16.2. The van der Waals surface area contributed by atoms with Gasteiger partial charge in [-0.3, -0.25) is 9.69 Å². The van der Waals surface area contributed by atoms with Crippen molar-refractivity contribution in [2.75, 3.05) is 13.1 Å². The van der Waals surface area contributed by atoms with Gasteiger partial charge < -0.3 is 5.32 Å². The van der Waals surface area contributed by atoms with E-state index < -0.39 is 0 Å². The van der Waals surface area contributed by atoms with Crippen LogP contribution in [0.15, 0.2) is 24.3 Å². The number of nitrogens with zero attached hydrogens (tertiary/aromatic N) is 1. The van der Waals surface area contributed by atoms with E-state index in [1.165, 1.54) is 49.7 Å². The minimum Gasteiger partial charge on any atom is -0.350 e. The fourth-order valence-electron chi connectivity index (χ4n) is 7.05. The Hall–Kier alpha value is -1.35. The Labute approximate surface area is 163 Å². The molecule has 0 aromatic heterocycles. The first kappa shape index (κ1) is 17.7. The summed E-state index contributed by atoms with van der Waals surface area (Å²) in [5, 5.41) is 3.61. The maximum absolute atomic E-state index is 13.1. The zero-order valence-corrected chi connectivity index (χ0v) is 16.8. The maximum atomic E-state index is 13.1. The number of nitrogens with one attached hydrogen (secondary N) is 1. The van der Waals surface area contributed by atoms with Gasteiger partial charge in [0.25, 0.3) is 0 Å². The Morgan fingerprint density at radius 3 is 2.30 bits per heavy atom. The molecule has 0 atom stereocenters. The summed E-state index contributed by atoms with van der Waals surface area (Å²) in [5.74, 6) is 3.28. The van der Waals surface area contributed by atoms with Crippen molar-refractivity contribution >= 4 is 5.91 Å². The molecule has 1 saturated heterocycles. The third-order valence-electron chi connectivity index (χ3n) is 7.87. The number of likely N-dealkylation sites (tertiary alicyclic amines) is 1. The summed E-state index contributed by atoms with van der Waals surface area (Å²) in [6.45, 7) is 5.27. The lowest BCUT2D eigenvalue weighted by Crippen LogP contribution is -2.61. The SMILES string of the molecule is Cc1cccc(CN2CCC(C(=O)NC34CC5CC(CC(C5)C3)C4)CC2)c1. The topological polar surface area (TPSA) is 32.3 Å². The highest BCUT2D eigenvalue weighted by molar-refractivity contribution is 5.79. The normalized spacial score (nSPS) is 36.1. The quantitative estimate of drug-likeness (QED) is 0.862. The lowest BCUT2D eigenvalue weighted by molar-refractivity contribution is -0.132. The van der Waals surface area contributed by atoms with Gasteiger partial charge in [-0.25, -0.2) is 0 Å². The average molecular weight is 367 g/mol. The van der Waals surface area contributed by atoms with Crippen molar-refractivity contribution in [2.45, 2.75) is 70.4 Å². The van der Waals surface area contributed by atoms with Crippen LogP contribution in [0.4, 0.5) is 0 Å². The van der Waals surface area contributed by atoms with E-state index in [1.807, 2.05) is 0 Å². The van der Waals surface area contributed by atoms with Crippen molar-refractivity contribution in [2.24, 2.45) is 23.7 Å². The van der Waals surface area contributed by atoms with Crippen LogP contribution >= 0.6 is 0 Å². The van der Waals surface area contributed by atoms with E-state index in [0.29, 0.717) is 5.91 Å². The first-order chi connectivity index (χ1) is 13.1. The summed E-state index contributed by atoms with van der Waals surface area (Å²) < 4.78 is 0. The fourth-order valence-corrected chi connectivity index (χ4v) is 7.05. The van der Waals surface area contributed by atoms with Gasteiger partial charge in [0.2, 0.25) is 5.91 Å². The molecule has 4 saturated carbocycles. The van der Waals surface area contributed by atoms with Crippen LogP contribution in [-0.2, 0) is 11.3 Å². The zero-order valence-electron chi connectivity index (χ0n) is 16.8. The van der Waals surface area contributed by atoms with Gasteiger partial charge in [-0.05, 0) is 94.7 Å². The van der Waals surface area contributed by atoms with Crippen LogP contribution in [0, 0.1) is 30.6 Å². The van der Waals surface area contributed by atoms with E-state index in [2.05, 4.69) is 41.4 Å². The molecule has 1 N–H and O–H groups in total. The smallest absolute Gasteiger partial charge is 0.223 e. The van der Waals surface area contributed by atoms with Crippen LogP contribution in [0.3, 0.4) is 0 Å². The molecule has 5 aliphatic rings. The molecule has 5 fully saturated rings. The molecule has 0 spiro atoms. The lowest BCUT2D eigenvalue weighted by atomic mass is 9.53. The van der Waals surface area contributed by atoms with E-state index in [9.17, 15) is 4.79 Å². The number of benzene rings is 1. The predicted molar refractivity (Wildman–Crippen MR) is 108 cm³/mol. The van der Waals surface area contributed by atoms with Gasteiger partial charge in [0.15, 0.2) is 0 Å². The summed E-state index contributed by atoms with van der Waals surface area (Å²) in [5.41, 5.74) is 2.90. The molecule has 1 aromatic rings. The second-order valence-electron chi connectivity index (χ2n) is 10.2. The largest absolute Gasteiger partial charge is 0.350 e. The van der Waals surface area contributed by atoms with E-state index in [0.717, 1.165) is 50.2 Å². The number of hydrogen-bond donors (Lipinski definition) is 1. The number of hydrogen-bond acceptors (Lipinski definition) is 2. The Balaban J connectivity index is 1.15. The zero-order chi connectivity index (χ0) is 18.4. The molecule has 0 unspecified atom stereocenters. The van der Waals surface area contributed by atoms with Gasteiger partial charge in [-0.1, -0.05) is 29.8 Å². The van der Waals surface area contributed by atoms with Gasteiger partial charge in [0, 0.05) is 18.0 Å². The molecule has 4 aliphatic carbocycles. The van der Waals surface area contributed by atoms with Crippen LogP contribution in [0.1, 0.15) is 62.5 Å². The van der Waals surface area contributed by atoms with E-state index in [4.69, 9.17) is 0 Å². The Morgan fingerprint density at radius 1 is 1.07 bits per heavy atom. The average Bonchev–Trinajstić information content (AvgIpc) is 2.61. The molecule has 1 amide bonds. The van der Waals surface area contributed by atoms with E-state index >= 15 is 0 Å². The molecule has 3 heteroatoms. The number of amides is 1. The maximum Gasteiger partial charge on any atom is 0.223 e. The van der Waals surface area contributed by atoms with Gasteiger partial charge in [0.05, 0.1) is 0 Å². The first-order valence-corrected chi connectivity index (χ1v) is 11.2. The summed E-state index contributed by atoms with van der Waals surface area (Å²) in [7, 11) is 0. The summed E-state index contributed by atoms with van der Waals surface area (Å²) in [6.07, 6.45) is 10.1. The van der Waals surface area contributed by atoms with Crippen molar-refractivity contribution in [3.8, 4) is 0 Å². The van der Waals surface area contributed by atoms with Crippen LogP contribution in [0.2, 0.25) is 0 Å². The highest BCUT2D eigenvalue weighted by Gasteiger charge is 2.51. The molecule has 1 aliphatic heterocycles. The van der Waals surface area contributed by atoms with Gasteiger partial charge >= 0.3 is 0 Å². The molecule has 3 nitrogen and oxygen atoms in total. The Bertz CT molecular complexity index is 669. The Kier molecular flexibility index (Phi) is 4.54. The summed E-state index contributed by atoms with van der Waals surface area (Å²) in [4.78, 5) is 15.6. The Morgan fingerprint density at radius 2 is 1.70 bits per heavy atom. The number of rotatable bonds is 4. The second-order valence-corrected chi connectivity index (χ2v) is 10.2. The first-order valence-electron chi connectivity index (χ1n) is 11.2. The number of carbonyl (C=O) groups excluding carboxylic acids is 1. The van der Waals surface area contributed by atoms with Crippen molar-refractivity contribution in [3.63, 3.8) is 0 Å². The minimum absolute atomic E-state index is 0.171. The molecule has 27 heavy (non-hydrogen) atoms. The molecule has 1 aromatic carbocycles. The van der Waals surface area contributed by atoms with Gasteiger partial charge in [-0.2, -0.15) is 0 Å². The third kappa shape index (κ3) is 3.68.